The number of halogens is 5. The highest BCUT2D eigenvalue weighted by atomic mass is 35.5. The summed E-state index contributed by atoms with van der Waals surface area (Å²) in [4.78, 5) is 38.0. The molecule has 1 aliphatic rings. The van der Waals surface area contributed by atoms with E-state index in [2.05, 4.69) is 5.32 Å². The molecule has 0 atom stereocenters. The molecular formula is C16H7Cl5N2O3. The molecular weight excluding hydrogens is 445 g/mol. The average Bonchev–Trinajstić information content (AvgIpc) is 2.85. The molecule has 10 heteroatoms. The zero-order valence-electron chi connectivity index (χ0n) is 12.6. The first-order chi connectivity index (χ1) is 12.2. The Hall–Kier alpha value is -1.50. The third-order valence-corrected chi connectivity index (χ3v) is 5.77. The van der Waals surface area contributed by atoms with Gasteiger partial charge in [-0.15, -0.1) is 0 Å². The Bertz CT molecular complexity index is 930. The van der Waals surface area contributed by atoms with Gasteiger partial charge in [-0.25, -0.2) is 0 Å². The lowest BCUT2D eigenvalue weighted by molar-refractivity contribution is -0.116. The Labute approximate surface area is 172 Å². The van der Waals surface area contributed by atoms with Gasteiger partial charge in [0, 0.05) is 0 Å². The number of imide groups is 1. The lowest BCUT2D eigenvalue weighted by atomic mass is 10.1. The summed E-state index contributed by atoms with van der Waals surface area (Å²) in [6.07, 6.45) is 0. The second-order valence-electron chi connectivity index (χ2n) is 5.23. The van der Waals surface area contributed by atoms with E-state index in [9.17, 15) is 14.4 Å². The van der Waals surface area contributed by atoms with Crippen LogP contribution in [0.15, 0.2) is 24.3 Å². The maximum absolute atomic E-state index is 12.6. The van der Waals surface area contributed by atoms with Crippen molar-refractivity contribution in [1.29, 1.82) is 0 Å². The lowest BCUT2D eigenvalue weighted by Crippen LogP contribution is -2.37. The van der Waals surface area contributed by atoms with Gasteiger partial charge in [-0.05, 0) is 12.1 Å². The zero-order chi connectivity index (χ0) is 19.2. The number of nitrogens with one attached hydrogen (secondary N) is 1. The van der Waals surface area contributed by atoms with Gasteiger partial charge in [-0.2, -0.15) is 0 Å². The smallest absolute Gasteiger partial charge is 0.263 e. The fourth-order valence-electron chi connectivity index (χ4n) is 2.43. The summed E-state index contributed by atoms with van der Waals surface area (Å²) in [7, 11) is 0. The number of rotatable bonds is 3. The predicted molar refractivity (Wildman–Crippen MR) is 102 cm³/mol. The molecule has 2 aromatic carbocycles. The number of carbonyl (C=O) groups is 3. The lowest BCUT2D eigenvalue weighted by Gasteiger charge is -2.14. The Morgan fingerprint density at radius 3 is 1.85 bits per heavy atom. The molecule has 0 radical (unpaired) electrons. The fraction of sp³-hybridized carbons (Fsp3) is 0.0625. The molecule has 0 saturated carbocycles. The highest BCUT2D eigenvalue weighted by Gasteiger charge is 2.42. The van der Waals surface area contributed by atoms with Crippen LogP contribution in [0.3, 0.4) is 0 Å². The Kier molecular flexibility index (Phi) is 5.37. The molecule has 0 aromatic heterocycles. The monoisotopic (exact) mass is 450 g/mol. The van der Waals surface area contributed by atoms with Crippen LogP contribution in [0.4, 0.5) is 5.69 Å². The highest BCUT2D eigenvalue weighted by molar-refractivity contribution is 6.55. The molecule has 1 heterocycles. The number of benzene rings is 2. The van der Waals surface area contributed by atoms with Crippen molar-refractivity contribution >= 4 is 81.4 Å². The van der Waals surface area contributed by atoms with Gasteiger partial charge < -0.3 is 5.32 Å². The third kappa shape index (κ3) is 3.15. The number of nitrogens with zero attached hydrogens (tertiary/aromatic N) is 1. The van der Waals surface area contributed by atoms with E-state index in [0.717, 1.165) is 0 Å². The molecule has 0 unspecified atom stereocenters. The molecule has 0 bridgehead atoms. The molecule has 1 aliphatic heterocycles. The number of amides is 3. The Morgan fingerprint density at radius 1 is 0.846 bits per heavy atom. The molecule has 5 nitrogen and oxygen atoms in total. The summed E-state index contributed by atoms with van der Waals surface area (Å²) >= 11 is 29.9. The predicted octanol–water partition coefficient (Wildman–Crippen LogP) is 5.19. The molecule has 2 aromatic rings. The minimum Gasteiger partial charge on any atom is -0.323 e. The van der Waals surface area contributed by atoms with Crippen molar-refractivity contribution in [3.63, 3.8) is 0 Å². The van der Waals surface area contributed by atoms with Crippen LogP contribution in [-0.2, 0) is 4.79 Å². The molecule has 0 spiro atoms. The van der Waals surface area contributed by atoms with E-state index in [4.69, 9.17) is 58.0 Å². The molecule has 0 fully saturated rings. The zero-order valence-corrected chi connectivity index (χ0v) is 16.4. The number of fused-ring (bicyclic) bond motifs is 1. The number of hydrogen-bond donors (Lipinski definition) is 1. The minimum atomic E-state index is -0.787. The van der Waals surface area contributed by atoms with Crippen LogP contribution in [0.25, 0.3) is 0 Å². The van der Waals surface area contributed by atoms with Gasteiger partial charge in [0.15, 0.2) is 0 Å². The average molecular weight is 453 g/mol. The molecule has 0 aliphatic carbocycles. The van der Waals surface area contributed by atoms with Crippen molar-refractivity contribution in [2.75, 3.05) is 11.9 Å². The van der Waals surface area contributed by atoms with E-state index in [-0.39, 0.29) is 31.2 Å². The summed E-state index contributed by atoms with van der Waals surface area (Å²) < 4.78 is 0. The van der Waals surface area contributed by atoms with Crippen LogP contribution in [-0.4, -0.2) is 29.2 Å². The van der Waals surface area contributed by atoms with Crippen molar-refractivity contribution in [2.45, 2.75) is 0 Å². The maximum atomic E-state index is 12.6. The van der Waals surface area contributed by atoms with Crippen molar-refractivity contribution < 1.29 is 14.4 Å². The Morgan fingerprint density at radius 2 is 1.35 bits per heavy atom. The van der Waals surface area contributed by atoms with Gasteiger partial charge >= 0.3 is 0 Å². The van der Waals surface area contributed by atoms with Crippen molar-refractivity contribution in [3.05, 3.63) is 60.5 Å². The van der Waals surface area contributed by atoms with Crippen molar-refractivity contribution in [1.82, 2.24) is 4.90 Å². The first-order valence-corrected chi connectivity index (χ1v) is 8.89. The van der Waals surface area contributed by atoms with E-state index in [1.165, 1.54) is 0 Å². The first kappa shape index (κ1) is 19.3. The van der Waals surface area contributed by atoms with Gasteiger partial charge in [0.1, 0.15) is 6.54 Å². The molecule has 0 saturated heterocycles. The largest absolute Gasteiger partial charge is 0.323 e. The number of para-hydroxylation sites is 1. The molecule has 134 valence electrons. The highest BCUT2D eigenvalue weighted by Crippen LogP contribution is 2.44. The van der Waals surface area contributed by atoms with Gasteiger partial charge in [-0.1, -0.05) is 70.1 Å². The normalized spacial score (nSPS) is 13.2. The van der Waals surface area contributed by atoms with Gasteiger partial charge in [0.2, 0.25) is 5.91 Å². The van der Waals surface area contributed by atoms with E-state index >= 15 is 0 Å². The van der Waals surface area contributed by atoms with E-state index in [0.29, 0.717) is 15.6 Å². The fourth-order valence-corrected chi connectivity index (χ4v) is 3.63. The third-order valence-electron chi connectivity index (χ3n) is 3.63. The summed E-state index contributed by atoms with van der Waals surface area (Å²) in [5, 5.41) is 2.18. The van der Waals surface area contributed by atoms with Crippen LogP contribution < -0.4 is 5.32 Å². The molecule has 26 heavy (non-hydrogen) atoms. The second kappa shape index (κ2) is 7.25. The maximum Gasteiger partial charge on any atom is 0.263 e. The van der Waals surface area contributed by atoms with Gasteiger partial charge in [-0.3, -0.25) is 19.3 Å². The van der Waals surface area contributed by atoms with Crippen LogP contribution >= 0.6 is 58.0 Å². The van der Waals surface area contributed by atoms with E-state index in [1.54, 1.807) is 24.3 Å². The topological polar surface area (TPSA) is 66.5 Å². The summed E-state index contributed by atoms with van der Waals surface area (Å²) in [5.74, 6) is -2.20. The Balaban J connectivity index is 1.89. The van der Waals surface area contributed by atoms with Gasteiger partial charge in [0.25, 0.3) is 11.8 Å². The first-order valence-electron chi connectivity index (χ1n) is 7.00. The van der Waals surface area contributed by atoms with Crippen LogP contribution in [0.5, 0.6) is 0 Å². The quantitative estimate of drug-likeness (QED) is 0.396. The van der Waals surface area contributed by atoms with Gasteiger partial charge in [0.05, 0.1) is 41.9 Å². The van der Waals surface area contributed by atoms with E-state index < -0.39 is 24.3 Å². The summed E-state index contributed by atoms with van der Waals surface area (Å²) in [5.41, 5.74) is -0.0128. The molecule has 3 rings (SSSR count). The van der Waals surface area contributed by atoms with Crippen LogP contribution in [0, 0.1) is 0 Å². The van der Waals surface area contributed by atoms with Crippen LogP contribution in [0.2, 0.25) is 25.1 Å². The van der Waals surface area contributed by atoms with Crippen LogP contribution in [0.1, 0.15) is 20.7 Å². The second-order valence-corrected chi connectivity index (χ2v) is 7.15. The molecule has 1 N–H and O–H groups in total. The standard InChI is InChI=1S/C16H7Cl5N2O3/c17-6-3-1-2-4-7(6)22-8(24)5-23-15(25)9-10(16(23)26)12(19)14(21)13(20)11(9)18/h1-4H,5H2,(H,22,24). The van der Waals surface area contributed by atoms with Crippen molar-refractivity contribution in [2.24, 2.45) is 0 Å². The molecule has 3 amide bonds. The van der Waals surface area contributed by atoms with E-state index in [1.807, 2.05) is 0 Å². The van der Waals surface area contributed by atoms with Crippen molar-refractivity contribution in [3.8, 4) is 0 Å². The summed E-state index contributed by atoms with van der Waals surface area (Å²) in [6, 6.07) is 6.53. The minimum absolute atomic E-state index is 0.138. The number of anilines is 1. The number of hydrogen-bond acceptors (Lipinski definition) is 3. The number of carbonyl (C=O) groups excluding carboxylic acids is 3. The summed E-state index contributed by atoms with van der Waals surface area (Å²) in [6.45, 7) is -0.556. The SMILES string of the molecule is O=C(CN1C(=O)c2c(Cl)c(Cl)c(Cl)c(Cl)c2C1=O)Nc1ccccc1Cl.